The molecular formula is C20H22N4O5S. The van der Waals surface area contributed by atoms with Gasteiger partial charge >= 0.3 is 5.69 Å². The number of benzene rings is 2. The van der Waals surface area contributed by atoms with Crippen LogP contribution < -0.4 is 20.9 Å². The van der Waals surface area contributed by atoms with Crippen molar-refractivity contribution >= 4 is 38.2 Å². The van der Waals surface area contributed by atoms with Crippen molar-refractivity contribution < 1.29 is 13.2 Å². The predicted molar refractivity (Wildman–Crippen MR) is 116 cm³/mol. The first-order valence-electron chi connectivity index (χ1n) is 9.31. The van der Waals surface area contributed by atoms with E-state index in [1.807, 2.05) is 0 Å². The monoisotopic (exact) mass is 430 g/mol. The van der Waals surface area contributed by atoms with Crippen LogP contribution in [0.25, 0.3) is 10.9 Å². The van der Waals surface area contributed by atoms with Gasteiger partial charge in [0, 0.05) is 25.7 Å². The molecule has 0 saturated heterocycles. The number of carbonyl (C=O) groups is 1. The Bertz CT molecular complexity index is 1290. The van der Waals surface area contributed by atoms with Crippen LogP contribution in [-0.2, 0) is 21.4 Å². The molecule has 158 valence electrons. The number of aryl methyl sites for hydroxylation is 1. The van der Waals surface area contributed by atoms with Crippen LogP contribution in [-0.4, -0.2) is 36.7 Å². The molecule has 1 heterocycles. The SMILES string of the molecule is CCS(=O)(=O)N(C)c1ccc(NC(=O)CCn2c(=O)[nH]c(=O)c3ccccc32)cc1. The van der Waals surface area contributed by atoms with E-state index in [1.54, 1.807) is 55.5 Å². The first-order chi connectivity index (χ1) is 14.2. The molecule has 0 radical (unpaired) electrons. The van der Waals surface area contributed by atoms with E-state index in [0.29, 0.717) is 22.3 Å². The third-order valence-corrected chi connectivity index (χ3v) is 6.54. The molecule has 0 saturated carbocycles. The summed E-state index contributed by atoms with van der Waals surface area (Å²) in [6, 6.07) is 13.1. The molecule has 9 nitrogen and oxygen atoms in total. The summed E-state index contributed by atoms with van der Waals surface area (Å²) in [5, 5.41) is 3.09. The number of para-hydroxylation sites is 1. The fourth-order valence-corrected chi connectivity index (χ4v) is 3.84. The second-order valence-corrected chi connectivity index (χ2v) is 8.93. The number of carbonyl (C=O) groups excluding carboxylic acids is 1. The number of nitrogens with one attached hydrogen (secondary N) is 2. The van der Waals surface area contributed by atoms with Crippen LogP contribution in [0.3, 0.4) is 0 Å². The van der Waals surface area contributed by atoms with Gasteiger partial charge in [0.25, 0.3) is 5.56 Å². The Balaban J connectivity index is 1.70. The molecule has 0 bridgehead atoms. The smallest absolute Gasteiger partial charge is 0.326 e. The van der Waals surface area contributed by atoms with Crippen LogP contribution in [0.2, 0.25) is 0 Å². The van der Waals surface area contributed by atoms with E-state index in [1.165, 1.54) is 15.9 Å². The Hall–Kier alpha value is -3.40. The van der Waals surface area contributed by atoms with Crippen molar-refractivity contribution in [2.45, 2.75) is 19.9 Å². The van der Waals surface area contributed by atoms with Gasteiger partial charge in [0.05, 0.1) is 22.3 Å². The summed E-state index contributed by atoms with van der Waals surface area (Å²) in [5.41, 5.74) is 0.414. The van der Waals surface area contributed by atoms with Crippen molar-refractivity contribution in [1.29, 1.82) is 0 Å². The lowest BCUT2D eigenvalue weighted by Gasteiger charge is -2.18. The largest absolute Gasteiger partial charge is 0.328 e. The highest BCUT2D eigenvalue weighted by molar-refractivity contribution is 7.92. The standard InChI is InChI=1S/C20H22N4O5S/c1-3-30(28,29)23(2)15-10-8-14(9-11-15)21-18(25)12-13-24-17-7-5-4-6-16(17)19(26)22-20(24)27/h4-11H,3,12-13H2,1-2H3,(H,21,25)(H,22,26,27). The topological polar surface area (TPSA) is 121 Å². The predicted octanol–water partition coefficient (Wildman–Crippen LogP) is 1.50. The maximum atomic E-state index is 12.3. The Labute approximate surface area is 173 Å². The molecule has 1 aromatic heterocycles. The lowest BCUT2D eigenvalue weighted by Crippen LogP contribution is -2.31. The van der Waals surface area contributed by atoms with Crippen LogP contribution in [0.1, 0.15) is 13.3 Å². The molecule has 2 N–H and O–H groups in total. The van der Waals surface area contributed by atoms with Crippen LogP contribution in [0.4, 0.5) is 11.4 Å². The molecule has 0 aliphatic carbocycles. The minimum absolute atomic E-state index is 0.0131. The van der Waals surface area contributed by atoms with Crippen LogP contribution in [0.15, 0.2) is 58.1 Å². The van der Waals surface area contributed by atoms with Gasteiger partial charge in [-0.25, -0.2) is 13.2 Å². The third-order valence-electron chi connectivity index (χ3n) is 4.76. The van der Waals surface area contributed by atoms with E-state index < -0.39 is 21.3 Å². The Morgan fingerprint density at radius 3 is 2.43 bits per heavy atom. The van der Waals surface area contributed by atoms with Gasteiger partial charge in [0.15, 0.2) is 0 Å². The van der Waals surface area contributed by atoms with Gasteiger partial charge < -0.3 is 5.32 Å². The number of hydrogen-bond donors (Lipinski definition) is 2. The fourth-order valence-electron chi connectivity index (χ4n) is 3.01. The summed E-state index contributed by atoms with van der Waals surface area (Å²) in [7, 11) is -1.89. The molecule has 3 rings (SSSR count). The molecule has 0 spiro atoms. The lowest BCUT2D eigenvalue weighted by atomic mass is 10.2. The molecule has 0 atom stereocenters. The van der Waals surface area contributed by atoms with E-state index in [4.69, 9.17) is 0 Å². The van der Waals surface area contributed by atoms with Gasteiger partial charge in [-0.3, -0.25) is 23.4 Å². The number of anilines is 2. The van der Waals surface area contributed by atoms with Gasteiger partial charge in [0.1, 0.15) is 0 Å². The van der Waals surface area contributed by atoms with Crippen LogP contribution in [0, 0.1) is 0 Å². The van der Waals surface area contributed by atoms with Gasteiger partial charge in [0.2, 0.25) is 15.9 Å². The van der Waals surface area contributed by atoms with Crippen molar-refractivity contribution in [3.63, 3.8) is 0 Å². The second-order valence-electron chi connectivity index (χ2n) is 6.64. The second kappa shape index (κ2) is 8.54. The summed E-state index contributed by atoms with van der Waals surface area (Å²) in [4.78, 5) is 38.6. The number of nitrogens with zero attached hydrogens (tertiary/aromatic N) is 2. The van der Waals surface area contributed by atoms with Crippen molar-refractivity contribution in [3.8, 4) is 0 Å². The summed E-state index contributed by atoms with van der Waals surface area (Å²) in [6.07, 6.45) is 0.0157. The summed E-state index contributed by atoms with van der Waals surface area (Å²) >= 11 is 0. The average molecular weight is 430 g/mol. The quantitative estimate of drug-likeness (QED) is 0.588. The van der Waals surface area contributed by atoms with Gasteiger partial charge in [-0.15, -0.1) is 0 Å². The van der Waals surface area contributed by atoms with Crippen molar-refractivity contribution in [1.82, 2.24) is 9.55 Å². The van der Waals surface area contributed by atoms with E-state index in [9.17, 15) is 22.8 Å². The highest BCUT2D eigenvalue weighted by Crippen LogP contribution is 2.19. The molecule has 10 heteroatoms. The van der Waals surface area contributed by atoms with Crippen molar-refractivity contribution in [3.05, 3.63) is 69.4 Å². The van der Waals surface area contributed by atoms with E-state index >= 15 is 0 Å². The number of rotatable bonds is 7. The maximum absolute atomic E-state index is 12.3. The average Bonchev–Trinajstić information content (AvgIpc) is 2.73. The highest BCUT2D eigenvalue weighted by Gasteiger charge is 2.15. The first kappa shape index (κ1) is 21.3. The number of H-pyrrole nitrogens is 1. The van der Waals surface area contributed by atoms with Gasteiger partial charge in [-0.1, -0.05) is 12.1 Å². The Kier molecular flexibility index (Phi) is 6.06. The number of fused-ring (bicyclic) bond motifs is 1. The minimum atomic E-state index is -3.36. The first-order valence-corrected chi connectivity index (χ1v) is 10.9. The van der Waals surface area contributed by atoms with Gasteiger partial charge in [-0.05, 0) is 43.3 Å². The highest BCUT2D eigenvalue weighted by atomic mass is 32.2. The third kappa shape index (κ3) is 4.43. The zero-order valence-corrected chi connectivity index (χ0v) is 17.4. The Morgan fingerprint density at radius 2 is 1.77 bits per heavy atom. The van der Waals surface area contributed by atoms with E-state index in [2.05, 4.69) is 10.3 Å². The zero-order valence-electron chi connectivity index (χ0n) is 16.6. The molecule has 1 amide bonds. The number of sulfonamides is 1. The van der Waals surface area contributed by atoms with E-state index in [0.717, 1.165) is 0 Å². The molecule has 2 aromatic carbocycles. The molecule has 0 aliphatic heterocycles. The fraction of sp³-hybridized carbons (Fsp3) is 0.250. The zero-order chi connectivity index (χ0) is 21.9. The molecular weight excluding hydrogens is 408 g/mol. The van der Waals surface area contributed by atoms with Gasteiger partial charge in [-0.2, -0.15) is 0 Å². The molecule has 0 aliphatic rings. The van der Waals surface area contributed by atoms with Crippen molar-refractivity contribution in [2.75, 3.05) is 22.4 Å². The minimum Gasteiger partial charge on any atom is -0.326 e. The van der Waals surface area contributed by atoms with Crippen molar-refractivity contribution in [2.24, 2.45) is 0 Å². The lowest BCUT2D eigenvalue weighted by molar-refractivity contribution is -0.116. The molecule has 30 heavy (non-hydrogen) atoms. The Morgan fingerprint density at radius 1 is 1.10 bits per heavy atom. The van der Waals surface area contributed by atoms with Crippen LogP contribution >= 0.6 is 0 Å². The van der Waals surface area contributed by atoms with Crippen LogP contribution in [0.5, 0.6) is 0 Å². The summed E-state index contributed by atoms with van der Waals surface area (Å²) < 4.78 is 26.4. The molecule has 3 aromatic rings. The molecule has 0 fully saturated rings. The number of amides is 1. The number of aromatic amines is 1. The van der Waals surface area contributed by atoms with E-state index in [-0.39, 0.29) is 24.6 Å². The maximum Gasteiger partial charge on any atom is 0.328 e. The summed E-state index contributed by atoms with van der Waals surface area (Å²) in [6.45, 7) is 1.66. The number of aromatic nitrogens is 2. The summed E-state index contributed by atoms with van der Waals surface area (Å²) in [5.74, 6) is -0.333. The number of hydrogen-bond acceptors (Lipinski definition) is 5. The molecule has 0 unspecified atom stereocenters. The normalized spacial score (nSPS) is 11.4.